The predicted octanol–water partition coefficient (Wildman–Crippen LogP) is 4.85. The number of thiophene rings is 1. The van der Waals surface area contributed by atoms with Gasteiger partial charge in [0.25, 0.3) is 0 Å². The van der Waals surface area contributed by atoms with Gasteiger partial charge in [0, 0.05) is 4.70 Å². The summed E-state index contributed by atoms with van der Waals surface area (Å²) in [5, 5.41) is 3.83. The molecule has 2 N–H and O–H groups in total. The summed E-state index contributed by atoms with van der Waals surface area (Å²) < 4.78 is 1.43. The Morgan fingerprint density at radius 1 is 1.20 bits per heavy atom. The Morgan fingerprint density at radius 2 is 2.05 bits per heavy atom. The van der Waals surface area contributed by atoms with Crippen molar-refractivity contribution in [3.05, 3.63) is 35.2 Å². The fourth-order valence-electron chi connectivity index (χ4n) is 3.83. The Labute approximate surface area is 126 Å². The van der Waals surface area contributed by atoms with Gasteiger partial charge in [0.1, 0.15) is 0 Å². The van der Waals surface area contributed by atoms with Crippen molar-refractivity contribution in [2.24, 2.45) is 23.5 Å². The van der Waals surface area contributed by atoms with E-state index in [2.05, 4.69) is 36.6 Å². The van der Waals surface area contributed by atoms with E-state index in [1.54, 1.807) is 5.56 Å². The summed E-state index contributed by atoms with van der Waals surface area (Å²) in [5.41, 5.74) is 7.57. The Morgan fingerprint density at radius 3 is 2.85 bits per heavy atom. The first-order valence-electron chi connectivity index (χ1n) is 7.97. The van der Waals surface area contributed by atoms with E-state index in [1.807, 2.05) is 11.3 Å². The van der Waals surface area contributed by atoms with Gasteiger partial charge >= 0.3 is 0 Å². The van der Waals surface area contributed by atoms with Crippen LogP contribution in [0.4, 0.5) is 0 Å². The molecule has 108 valence electrons. The first kappa shape index (κ1) is 14.1. The number of nitrogens with two attached hydrogens (primary N) is 1. The molecule has 0 radical (unpaired) electrons. The van der Waals surface area contributed by atoms with Crippen molar-refractivity contribution in [2.45, 2.75) is 39.0 Å². The number of hydrogen-bond donors (Lipinski definition) is 1. The average molecular weight is 287 g/mol. The molecule has 2 aromatic rings. The van der Waals surface area contributed by atoms with Gasteiger partial charge < -0.3 is 5.73 Å². The van der Waals surface area contributed by atoms with Crippen LogP contribution in [-0.4, -0.2) is 6.54 Å². The van der Waals surface area contributed by atoms with Gasteiger partial charge in [0.05, 0.1) is 0 Å². The summed E-state index contributed by atoms with van der Waals surface area (Å²) in [6, 6.07) is 8.81. The van der Waals surface area contributed by atoms with Crippen LogP contribution in [0.25, 0.3) is 10.1 Å². The molecule has 2 heteroatoms. The topological polar surface area (TPSA) is 26.0 Å². The second-order valence-electron chi connectivity index (χ2n) is 6.30. The van der Waals surface area contributed by atoms with Crippen molar-refractivity contribution < 1.29 is 0 Å². The second kappa shape index (κ2) is 6.28. The third kappa shape index (κ3) is 2.77. The predicted molar refractivity (Wildman–Crippen MR) is 89.2 cm³/mol. The molecule has 1 aromatic heterocycles. The number of benzene rings is 1. The third-order valence-electron chi connectivity index (χ3n) is 5.17. The van der Waals surface area contributed by atoms with E-state index < -0.39 is 0 Å². The Balaban J connectivity index is 1.80. The maximum atomic E-state index is 6.02. The Kier molecular flexibility index (Phi) is 4.42. The zero-order valence-corrected chi connectivity index (χ0v) is 13.2. The van der Waals surface area contributed by atoms with Crippen LogP contribution in [0.15, 0.2) is 29.6 Å². The van der Waals surface area contributed by atoms with Crippen molar-refractivity contribution in [2.75, 3.05) is 6.54 Å². The zero-order valence-electron chi connectivity index (χ0n) is 12.3. The Hall–Kier alpha value is -0.860. The minimum atomic E-state index is 0.733. The number of hydrogen-bond acceptors (Lipinski definition) is 2. The minimum absolute atomic E-state index is 0.733. The fraction of sp³-hybridized carbons (Fsp3) is 0.556. The summed E-state index contributed by atoms with van der Waals surface area (Å²) >= 11 is 1.89. The second-order valence-corrected chi connectivity index (χ2v) is 7.22. The molecule has 20 heavy (non-hydrogen) atoms. The van der Waals surface area contributed by atoms with E-state index in [4.69, 9.17) is 5.73 Å². The molecule has 1 aliphatic carbocycles. The summed E-state index contributed by atoms with van der Waals surface area (Å²) in [7, 11) is 0. The van der Waals surface area contributed by atoms with Crippen molar-refractivity contribution in [1.29, 1.82) is 0 Å². The molecule has 1 aromatic carbocycles. The Bertz CT molecular complexity index is 559. The summed E-state index contributed by atoms with van der Waals surface area (Å²) in [5.74, 6) is 2.45. The quantitative estimate of drug-likeness (QED) is 0.855. The fourth-order valence-corrected chi connectivity index (χ4v) is 4.80. The van der Waals surface area contributed by atoms with Crippen molar-refractivity contribution in [1.82, 2.24) is 0 Å². The van der Waals surface area contributed by atoms with Gasteiger partial charge in [-0.3, -0.25) is 0 Å². The molecule has 0 bridgehead atoms. The lowest BCUT2D eigenvalue weighted by Gasteiger charge is -2.35. The van der Waals surface area contributed by atoms with Gasteiger partial charge in [0.15, 0.2) is 0 Å². The van der Waals surface area contributed by atoms with Gasteiger partial charge in [-0.15, -0.1) is 11.3 Å². The third-order valence-corrected chi connectivity index (χ3v) is 6.18. The standard InChI is InChI=1S/C18H25NS/c1-2-13-7-8-14(11-19)15(9-13)10-16-12-20-18-6-4-3-5-17(16)18/h3-6,12-15H,2,7-11,19H2,1H3. The molecule has 1 fully saturated rings. The van der Waals surface area contributed by atoms with Gasteiger partial charge in [-0.25, -0.2) is 0 Å². The number of rotatable bonds is 4. The van der Waals surface area contributed by atoms with E-state index in [1.165, 1.54) is 42.2 Å². The van der Waals surface area contributed by atoms with Crippen LogP contribution >= 0.6 is 11.3 Å². The first-order chi connectivity index (χ1) is 9.81. The van der Waals surface area contributed by atoms with E-state index in [0.717, 1.165) is 24.3 Å². The highest BCUT2D eigenvalue weighted by Crippen LogP contribution is 2.38. The molecule has 3 atom stereocenters. The monoisotopic (exact) mass is 287 g/mol. The molecule has 0 spiro atoms. The minimum Gasteiger partial charge on any atom is -0.330 e. The van der Waals surface area contributed by atoms with Gasteiger partial charge in [-0.05, 0) is 66.0 Å². The highest BCUT2D eigenvalue weighted by Gasteiger charge is 2.29. The summed E-state index contributed by atoms with van der Waals surface area (Å²) in [4.78, 5) is 0. The molecule has 0 saturated heterocycles. The van der Waals surface area contributed by atoms with Crippen molar-refractivity contribution in [3.8, 4) is 0 Å². The molecule has 0 amide bonds. The largest absolute Gasteiger partial charge is 0.330 e. The lowest BCUT2D eigenvalue weighted by atomic mass is 9.71. The van der Waals surface area contributed by atoms with Crippen molar-refractivity contribution >= 4 is 21.4 Å². The van der Waals surface area contributed by atoms with Crippen LogP contribution in [-0.2, 0) is 6.42 Å². The van der Waals surface area contributed by atoms with Crippen LogP contribution in [0.2, 0.25) is 0 Å². The van der Waals surface area contributed by atoms with Gasteiger partial charge in [-0.2, -0.15) is 0 Å². The molecule has 1 aliphatic rings. The molecule has 3 unspecified atom stereocenters. The normalized spacial score (nSPS) is 27.0. The van der Waals surface area contributed by atoms with E-state index in [9.17, 15) is 0 Å². The zero-order chi connectivity index (χ0) is 13.9. The molecule has 0 aliphatic heterocycles. The molecule has 1 heterocycles. The molecule has 3 rings (SSSR count). The molecular formula is C18H25NS. The van der Waals surface area contributed by atoms with Crippen LogP contribution in [0.5, 0.6) is 0 Å². The smallest absolute Gasteiger partial charge is 0.0345 e. The maximum absolute atomic E-state index is 6.02. The summed E-state index contributed by atoms with van der Waals surface area (Å²) in [6.45, 7) is 3.20. The van der Waals surface area contributed by atoms with Gasteiger partial charge in [-0.1, -0.05) is 38.0 Å². The average Bonchev–Trinajstić information content (AvgIpc) is 2.90. The van der Waals surface area contributed by atoms with Crippen LogP contribution in [0.1, 0.15) is 38.2 Å². The van der Waals surface area contributed by atoms with Crippen molar-refractivity contribution in [3.63, 3.8) is 0 Å². The highest BCUT2D eigenvalue weighted by molar-refractivity contribution is 7.17. The lowest BCUT2D eigenvalue weighted by Crippen LogP contribution is -2.31. The molecular weight excluding hydrogens is 262 g/mol. The summed E-state index contributed by atoms with van der Waals surface area (Å²) in [6.07, 6.45) is 6.66. The number of fused-ring (bicyclic) bond motifs is 1. The van der Waals surface area contributed by atoms with Crippen LogP contribution in [0, 0.1) is 17.8 Å². The molecule has 1 nitrogen and oxygen atoms in total. The lowest BCUT2D eigenvalue weighted by molar-refractivity contribution is 0.180. The molecule has 1 saturated carbocycles. The van der Waals surface area contributed by atoms with E-state index in [0.29, 0.717) is 0 Å². The van der Waals surface area contributed by atoms with Gasteiger partial charge in [0.2, 0.25) is 0 Å². The SMILES string of the molecule is CCC1CCC(CN)C(Cc2csc3ccccc23)C1. The highest BCUT2D eigenvalue weighted by atomic mass is 32.1. The van der Waals surface area contributed by atoms with Crippen LogP contribution < -0.4 is 5.73 Å². The maximum Gasteiger partial charge on any atom is 0.0345 e. The van der Waals surface area contributed by atoms with E-state index >= 15 is 0 Å². The van der Waals surface area contributed by atoms with Crippen LogP contribution in [0.3, 0.4) is 0 Å². The first-order valence-corrected chi connectivity index (χ1v) is 8.85. The van der Waals surface area contributed by atoms with E-state index in [-0.39, 0.29) is 0 Å².